The van der Waals surface area contributed by atoms with Gasteiger partial charge in [0.15, 0.2) is 0 Å². The van der Waals surface area contributed by atoms with E-state index in [1.54, 1.807) is 0 Å². The summed E-state index contributed by atoms with van der Waals surface area (Å²) < 4.78 is 0. The van der Waals surface area contributed by atoms with Gasteiger partial charge in [0.25, 0.3) is 0 Å². The van der Waals surface area contributed by atoms with Gasteiger partial charge in [-0.15, -0.1) is 11.6 Å². The summed E-state index contributed by atoms with van der Waals surface area (Å²) in [5, 5.41) is 0. The molecular weight excluding hydrogens is 192 g/mol. The van der Waals surface area contributed by atoms with Crippen molar-refractivity contribution in [2.45, 2.75) is 62.7 Å². The highest BCUT2D eigenvalue weighted by molar-refractivity contribution is 6.24. The fraction of sp³-hybridized carbons (Fsp3) is 1.00. The Bertz CT molecular complexity index is 175. The number of alkyl halides is 1. The summed E-state index contributed by atoms with van der Waals surface area (Å²) in [6.07, 6.45) is 12.9. The first-order valence-corrected chi connectivity index (χ1v) is 6.88. The second-order valence-electron chi connectivity index (χ2n) is 5.71. The summed E-state index contributed by atoms with van der Waals surface area (Å²) in [7, 11) is 0. The lowest BCUT2D eigenvalue weighted by molar-refractivity contribution is 0.0377. The first kappa shape index (κ1) is 9.51. The van der Waals surface area contributed by atoms with E-state index in [9.17, 15) is 0 Å². The standard InChI is InChI=1S/C13H21Cl/c14-13-10-4-1-5-11(13)7-3-9-12(13)8-2-6-10/h10-12H,1-9H2. The zero-order valence-corrected chi connectivity index (χ0v) is 9.73. The van der Waals surface area contributed by atoms with Crippen molar-refractivity contribution in [2.24, 2.45) is 17.8 Å². The quantitative estimate of drug-likeness (QED) is 0.524. The highest BCUT2D eigenvalue weighted by atomic mass is 35.5. The molecule has 0 aromatic carbocycles. The lowest BCUT2D eigenvalue weighted by atomic mass is 9.56. The van der Waals surface area contributed by atoms with Crippen molar-refractivity contribution in [2.75, 3.05) is 0 Å². The van der Waals surface area contributed by atoms with Crippen LogP contribution in [0.25, 0.3) is 0 Å². The highest BCUT2D eigenvalue weighted by Crippen LogP contribution is 2.58. The summed E-state index contributed by atoms with van der Waals surface area (Å²) in [6.45, 7) is 0. The minimum absolute atomic E-state index is 0.259. The van der Waals surface area contributed by atoms with Crippen LogP contribution < -0.4 is 0 Å². The monoisotopic (exact) mass is 212 g/mol. The Morgan fingerprint density at radius 3 is 1.21 bits per heavy atom. The van der Waals surface area contributed by atoms with Gasteiger partial charge in [-0.05, 0) is 56.3 Å². The Hall–Kier alpha value is 0.290. The molecule has 0 nitrogen and oxygen atoms in total. The van der Waals surface area contributed by atoms with E-state index in [4.69, 9.17) is 11.6 Å². The number of hydrogen-bond donors (Lipinski definition) is 0. The van der Waals surface area contributed by atoms with Gasteiger partial charge in [0.1, 0.15) is 0 Å². The minimum Gasteiger partial charge on any atom is -0.118 e. The van der Waals surface area contributed by atoms with Gasteiger partial charge < -0.3 is 0 Å². The normalized spacial score (nSPS) is 52.5. The van der Waals surface area contributed by atoms with E-state index in [0.29, 0.717) is 0 Å². The Morgan fingerprint density at radius 2 is 0.929 bits per heavy atom. The maximum Gasteiger partial charge on any atom is 0.0531 e. The minimum atomic E-state index is 0.259. The summed E-state index contributed by atoms with van der Waals surface area (Å²) in [4.78, 5) is 0.259. The molecule has 0 atom stereocenters. The van der Waals surface area contributed by atoms with Gasteiger partial charge >= 0.3 is 0 Å². The molecule has 3 rings (SSSR count). The number of hydrogen-bond acceptors (Lipinski definition) is 0. The molecular formula is C13H21Cl. The second kappa shape index (κ2) is 3.40. The largest absolute Gasteiger partial charge is 0.118 e. The van der Waals surface area contributed by atoms with Crippen LogP contribution in [0, 0.1) is 17.8 Å². The van der Waals surface area contributed by atoms with Gasteiger partial charge in [0.2, 0.25) is 0 Å². The molecule has 80 valence electrons. The van der Waals surface area contributed by atoms with Gasteiger partial charge in [0, 0.05) is 0 Å². The van der Waals surface area contributed by atoms with Crippen molar-refractivity contribution >= 4 is 11.6 Å². The second-order valence-corrected chi connectivity index (χ2v) is 6.37. The maximum atomic E-state index is 7.04. The van der Waals surface area contributed by atoms with Crippen LogP contribution in [0.3, 0.4) is 0 Å². The third-order valence-electron chi connectivity index (χ3n) is 5.19. The zero-order valence-electron chi connectivity index (χ0n) is 8.97. The zero-order chi connectivity index (χ0) is 9.60. The first-order valence-electron chi connectivity index (χ1n) is 6.50. The molecule has 0 saturated heterocycles. The van der Waals surface area contributed by atoms with E-state index in [1.165, 1.54) is 57.8 Å². The molecule has 0 aromatic heterocycles. The van der Waals surface area contributed by atoms with E-state index in [1.807, 2.05) is 0 Å². The molecule has 0 aliphatic heterocycles. The number of rotatable bonds is 0. The van der Waals surface area contributed by atoms with Crippen LogP contribution >= 0.6 is 11.6 Å². The van der Waals surface area contributed by atoms with Crippen LogP contribution in [0.4, 0.5) is 0 Å². The average molecular weight is 213 g/mol. The Kier molecular flexibility index (Phi) is 2.31. The molecule has 0 amide bonds. The molecule has 0 unspecified atom stereocenters. The third-order valence-corrected chi connectivity index (χ3v) is 6.12. The fourth-order valence-corrected chi connectivity index (χ4v) is 5.25. The van der Waals surface area contributed by atoms with Crippen molar-refractivity contribution in [1.29, 1.82) is 0 Å². The van der Waals surface area contributed by atoms with Gasteiger partial charge in [-0.2, -0.15) is 0 Å². The van der Waals surface area contributed by atoms with Crippen LogP contribution in [0.15, 0.2) is 0 Å². The van der Waals surface area contributed by atoms with Gasteiger partial charge in [-0.25, -0.2) is 0 Å². The Labute approximate surface area is 92.4 Å². The molecule has 1 heteroatoms. The molecule has 3 aliphatic rings. The lowest BCUT2D eigenvalue weighted by Gasteiger charge is -2.55. The molecule has 0 spiro atoms. The van der Waals surface area contributed by atoms with Crippen molar-refractivity contribution < 1.29 is 0 Å². The summed E-state index contributed by atoms with van der Waals surface area (Å²) in [5.74, 6) is 2.63. The maximum absolute atomic E-state index is 7.04. The predicted octanol–water partition coefficient (Wildman–Crippen LogP) is 4.36. The molecule has 0 heterocycles. The number of halogens is 1. The summed E-state index contributed by atoms with van der Waals surface area (Å²) in [6, 6.07) is 0. The molecule has 0 aromatic rings. The molecule has 3 aliphatic carbocycles. The molecule has 3 saturated carbocycles. The molecule has 0 bridgehead atoms. The van der Waals surface area contributed by atoms with E-state index >= 15 is 0 Å². The molecule has 0 N–H and O–H groups in total. The van der Waals surface area contributed by atoms with Crippen molar-refractivity contribution in [1.82, 2.24) is 0 Å². The Balaban J connectivity index is 1.93. The van der Waals surface area contributed by atoms with Crippen molar-refractivity contribution in [3.8, 4) is 0 Å². The van der Waals surface area contributed by atoms with E-state index in [-0.39, 0.29) is 4.87 Å². The van der Waals surface area contributed by atoms with Crippen LogP contribution in [0.2, 0.25) is 0 Å². The summed E-state index contributed by atoms with van der Waals surface area (Å²) >= 11 is 7.04. The van der Waals surface area contributed by atoms with Gasteiger partial charge in [0.05, 0.1) is 4.87 Å². The van der Waals surface area contributed by atoms with Crippen molar-refractivity contribution in [3.05, 3.63) is 0 Å². The van der Waals surface area contributed by atoms with E-state index < -0.39 is 0 Å². The molecule has 0 radical (unpaired) electrons. The topological polar surface area (TPSA) is 0 Å². The summed E-state index contributed by atoms with van der Waals surface area (Å²) in [5.41, 5.74) is 0. The molecule has 14 heavy (non-hydrogen) atoms. The lowest BCUT2D eigenvalue weighted by Crippen LogP contribution is -2.53. The fourth-order valence-electron chi connectivity index (χ4n) is 4.59. The van der Waals surface area contributed by atoms with Crippen LogP contribution in [-0.4, -0.2) is 4.87 Å². The van der Waals surface area contributed by atoms with Crippen LogP contribution in [0.1, 0.15) is 57.8 Å². The van der Waals surface area contributed by atoms with E-state index in [2.05, 4.69) is 0 Å². The van der Waals surface area contributed by atoms with Gasteiger partial charge in [-0.3, -0.25) is 0 Å². The third kappa shape index (κ3) is 1.19. The predicted molar refractivity (Wildman–Crippen MR) is 60.6 cm³/mol. The smallest absolute Gasteiger partial charge is 0.0531 e. The SMILES string of the molecule is ClC12C3CCCC1CCCC2CCC3. The van der Waals surface area contributed by atoms with Crippen molar-refractivity contribution in [3.63, 3.8) is 0 Å². The van der Waals surface area contributed by atoms with Crippen LogP contribution in [-0.2, 0) is 0 Å². The first-order chi connectivity index (χ1) is 6.82. The van der Waals surface area contributed by atoms with Gasteiger partial charge in [-0.1, -0.05) is 19.3 Å². The molecule has 3 fully saturated rings. The van der Waals surface area contributed by atoms with E-state index in [0.717, 1.165) is 17.8 Å². The average Bonchev–Trinajstić information content (AvgIpc) is 2.18. The Morgan fingerprint density at radius 1 is 0.643 bits per heavy atom. The highest BCUT2D eigenvalue weighted by Gasteiger charge is 2.53. The van der Waals surface area contributed by atoms with Crippen LogP contribution in [0.5, 0.6) is 0 Å².